The average molecular weight is 277 g/mol. The summed E-state index contributed by atoms with van der Waals surface area (Å²) in [6, 6.07) is 9.66. The number of carbonyl (C=O) groups is 1. The van der Waals surface area contributed by atoms with Crippen molar-refractivity contribution >= 4 is 28.3 Å². The van der Waals surface area contributed by atoms with Crippen molar-refractivity contribution in [3.05, 3.63) is 42.2 Å². The molecular formula is C15H17ClN2O. The summed E-state index contributed by atoms with van der Waals surface area (Å²) in [5.41, 5.74) is 0.483. The largest absolute Gasteiger partial charge is 0.350 e. The zero-order chi connectivity index (χ0) is 13.7. The van der Waals surface area contributed by atoms with E-state index in [1.807, 2.05) is 30.3 Å². The molecule has 0 aliphatic rings. The number of nitrogens with one attached hydrogen (secondary N) is 1. The van der Waals surface area contributed by atoms with Gasteiger partial charge in [0.2, 0.25) is 0 Å². The number of hydrogen-bond acceptors (Lipinski definition) is 2. The molecule has 1 amide bonds. The Hall–Kier alpha value is -1.61. The molecule has 0 saturated carbocycles. The molecule has 0 radical (unpaired) electrons. The van der Waals surface area contributed by atoms with E-state index in [4.69, 9.17) is 11.6 Å². The SMILES string of the molecule is CC(CCCl)CNC(=O)c1nccc2ccccc12. The summed E-state index contributed by atoms with van der Waals surface area (Å²) in [5, 5.41) is 4.82. The summed E-state index contributed by atoms with van der Waals surface area (Å²) in [6.07, 6.45) is 2.56. The van der Waals surface area contributed by atoms with Crippen LogP contribution in [0.5, 0.6) is 0 Å². The number of hydrogen-bond donors (Lipinski definition) is 1. The van der Waals surface area contributed by atoms with Crippen LogP contribution in [-0.2, 0) is 0 Å². The quantitative estimate of drug-likeness (QED) is 0.852. The van der Waals surface area contributed by atoms with Crippen LogP contribution in [0, 0.1) is 5.92 Å². The molecule has 1 heterocycles. The highest BCUT2D eigenvalue weighted by molar-refractivity contribution is 6.17. The lowest BCUT2D eigenvalue weighted by Crippen LogP contribution is -2.29. The summed E-state index contributed by atoms with van der Waals surface area (Å²) in [7, 11) is 0. The van der Waals surface area contributed by atoms with Gasteiger partial charge in [-0.2, -0.15) is 0 Å². The third kappa shape index (κ3) is 3.44. The molecule has 19 heavy (non-hydrogen) atoms. The highest BCUT2D eigenvalue weighted by Crippen LogP contribution is 2.16. The Morgan fingerprint density at radius 2 is 2.16 bits per heavy atom. The number of halogens is 1. The fourth-order valence-electron chi connectivity index (χ4n) is 1.94. The number of carbonyl (C=O) groups excluding carboxylic acids is 1. The molecule has 0 aliphatic heterocycles. The minimum atomic E-state index is -0.127. The van der Waals surface area contributed by atoms with Gasteiger partial charge in [-0.25, -0.2) is 0 Å². The van der Waals surface area contributed by atoms with Crippen LogP contribution in [-0.4, -0.2) is 23.3 Å². The van der Waals surface area contributed by atoms with Gasteiger partial charge >= 0.3 is 0 Å². The maximum Gasteiger partial charge on any atom is 0.270 e. The lowest BCUT2D eigenvalue weighted by Gasteiger charge is -2.11. The smallest absolute Gasteiger partial charge is 0.270 e. The van der Waals surface area contributed by atoms with E-state index in [0.29, 0.717) is 24.0 Å². The van der Waals surface area contributed by atoms with Gasteiger partial charge in [0, 0.05) is 24.0 Å². The Morgan fingerprint density at radius 3 is 2.95 bits per heavy atom. The summed E-state index contributed by atoms with van der Waals surface area (Å²) in [5.74, 6) is 0.860. The summed E-state index contributed by atoms with van der Waals surface area (Å²) < 4.78 is 0. The van der Waals surface area contributed by atoms with E-state index >= 15 is 0 Å². The van der Waals surface area contributed by atoms with Gasteiger partial charge in [0.15, 0.2) is 0 Å². The van der Waals surface area contributed by atoms with E-state index < -0.39 is 0 Å². The van der Waals surface area contributed by atoms with Crippen LogP contribution >= 0.6 is 11.6 Å². The van der Waals surface area contributed by atoms with Crippen LogP contribution in [0.4, 0.5) is 0 Å². The van der Waals surface area contributed by atoms with E-state index in [0.717, 1.165) is 17.2 Å². The van der Waals surface area contributed by atoms with Gasteiger partial charge in [-0.1, -0.05) is 31.2 Å². The molecule has 100 valence electrons. The zero-order valence-corrected chi connectivity index (χ0v) is 11.7. The van der Waals surface area contributed by atoms with Crippen LogP contribution in [0.2, 0.25) is 0 Å². The molecule has 3 nitrogen and oxygen atoms in total. The Morgan fingerprint density at radius 1 is 1.37 bits per heavy atom. The molecule has 0 saturated heterocycles. The Bertz CT molecular complexity index is 566. The van der Waals surface area contributed by atoms with E-state index in [1.54, 1.807) is 6.20 Å². The lowest BCUT2D eigenvalue weighted by molar-refractivity contribution is 0.0944. The van der Waals surface area contributed by atoms with Crippen LogP contribution < -0.4 is 5.32 Å². The Labute approximate surface area is 118 Å². The van der Waals surface area contributed by atoms with E-state index in [9.17, 15) is 4.79 Å². The van der Waals surface area contributed by atoms with Gasteiger partial charge in [-0.3, -0.25) is 9.78 Å². The number of nitrogens with zero attached hydrogens (tertiary/aromatic N) is 1. The zero-order valence-electron chi connectivity index (χ0n) is 10.9. The fraction of sp³-hybridized carbons (Fsp3) is 0.333. The van der Waals surface area contributed by atoms with E-state index in [1.165, 1.54) is 0 Å². The molecule has 4 heteroatoms. The molecule has 1 atom stereocenters. The second-order valence-corrected chi connectivity index (χ2v) is 5.05. The second kappa shape index (κ2) is 6.53. The minimum absolute atomic E-state index is 0.127. The van der Waals surface area contributed by atoms with Crippen molar-refractivity contribution in [2.45, 2.75) is 13.3 Å². The number of benzene rings is 1. The molecular weight excluding hydrogens is 260 g/mol. The number of fused-ring (bicyclic) bond motifs is 1. The van der Waals surface area contributed by atoms with Crippen molar-refractivity contribution in [2.75, 3.05) is 12.4 Å². The van der Waals surface area contributed by atoms with Crippen LogP contribution in [0.15, 0.2) is 36.5 Å². The van der Waals surface area contributed by atoms with Crippen molar-refractivity contribution in [2.24, 2.45) is 5.92 Å². The molecule has 0 bridgehead atoms. The standard InChI is InChI=1S/C15H17ClN2O/c1-11(6-8-16)10-18-15(19)14-13-5-3-2-4-12(13)7-9-17-14/h2-5,7,9,11H,6,8,10H2,1H3,(H,18,19). The molecule has 1 aromatic carbocycles. The number of aromatic nitrogens is 1. The van der Waals surface area contributed by atoms with Gasteiger partial charge < -0.3 is 5.32 Å². The average Bonchev–Trinajstić information content (AvgIpc) is 2.44. The van der Waals surface area contributed by atoms with Crippen molar-refractivity contribution in [1.29, 1.82) is 0 Å². The van der Waals surface area contributed by atoms with Crippen LogP contribution in [0.1, 0.15) is 23.8 Å². The van der Waals surface area contributed by atoms with Crippen molar-refractivity contribution in [3.8, 4) is 0 Å². The predicted molar refractivity (Wildman–Crippen MR) is 78.6 cm³/mol. The monoisotopic (exact) mass is 276 g/mol. The number of amides is 1. The molecule has 1 unspecified atom stereocenters. The van der Waals surface area contributed by atoms with Gasteiger partial charge in [0.05, 0.1) is 0 Å². The first-order chi connectivity index (χ1) is 9.22. The normalized spacial score (nSPS) is 12.3. The van der Waals surface area contributed by atoms with Crippen molar-refractivity contribution in [3.63, 3.8) is 0 Å². The highest BCUT2D eigenvalue weighted by Gasteiger charge is 2.12. The number of rotatable bonds is 5. The molecule has 0 fully saturated rings. The van der Waals surface area contributed by atoms with Gasteiger partial charge in [0.25, 0.3) is 5.91 Å². The predicted octanol–water partition coefficient (Wildman–Crippen LogP) is 3.23. The molecule has 2 aromatic rings. The Kier molecular flexibility index (Phi) is 4.74. The van der Waals surface area contributed by atoms with Crippen LogP contribution in [0.25, 0.3) is 10.8 Å². The van der Waals surface area contributed by atoms with Gasteiger partial charge in [-0.15, -0.1) is 11.6 Å². The second-order valence-electron chi connectivity index (χ2n) is 4.67. The van der Waals surface area contributed by atoms with Gasteiger partial charge in [-0.05, 0) is 23.8 Å². The summed E-state index contributed by atoms with van der Waals surface area (Å²) in [6.45, 7) is 2.69. The molecule has 0 aliphatic carbocycles. The Balaban J connectivity index is 2.13. The maximum absolute atomic E-state index is 12.2. The third-order valence-electron chi connectivity index (χ3n) is 3.10. The molecule has 0 spiro atoms. The summed E-state index contributed by atoms with van der Waals surface area (Å²) >= 11 is 5.68. The minimum Gasteiger partial charge on any atom is -0.350 e. The number of alkyl halides is 1. The molecule has 1 N–H and O–H groups in total. The first kappa shape index (κ1) is 13.8. The molecule has 1 aromatic heterocycles. The lowest BCUT2D eigenvalue weighted by atomic mass is 10.1. The summed E-state index contributed by atoms with van der Waals surface area (Å²) in [4.78, 5) is 16.4. The van der Waals surface area contributed by atoms with E-state index in [-0.39, 0.29) is 5.91 Å². The van der Waals surface area contributed by atoms with Crippen molar-refractivity contribution in [1.82, 2.24) is 10.3 Å². The molecule has 2 rings (SSSR count). The maximum atomic E-state index is 12.2. The first-order valence-electron chi connectivity index (χ1n) is 6.40. The van der Waals surface area contributed by atoms with Crippen molar-refractivity contribution < 1.29 is 4.79 Å². The topological polar surface area (TPSA) is 42.0 Å². The third-order valence-corrected chi connectivity index (χ3v) is 3.32. The number of pyridine rings is 1. The fourth-order valence-corrected chi connectivity index (χ4v) is 2.31. The first-order valence-corrected chi connectivity index (χ1v) is 6.93. The van der Waals surface area contributed by atoms with Gasteiger partial charge in [0.1, 0.15) is 5.69 Å². The highest BCUT2D eigenvalue weighted by atomic mass is 35.5. The van der Waals surface area contributed by atoms with E-state index in [2.05, 4.69) is 17.2 Å². The van der Waals surface area contributed by atoms with Crippen LogP contribution in [0.3, 0.4) is 0 Å².